The van der Waals surface area contributed by atoms with E-state index in [1.165, 1.54) is 38.0 Å². The summed E-state index contributed by atoms with van der Waals surface area (Å²) in [5, 5.41) is 61.0. The van der Waals surface area contributed by atoms with E-state index in [4.69, 9.17) is 33.3 Å². The Bertz CT molecular complexity index is 2920. The second-order valence-electron chi connectivity index (χ2n) is 18.3. The second kappa shape index (κ2) is 33.3. The Morgan fingerprint density at radius 1 is 0.593 bits per heavy atom. The molecule has 438 valence electrons. The third-order valence-electron chi connectivity index (χ3n) is 11.9. The fraction of sp³-hybridized carbons (Fsp3) is 0.352. The van der Waals surface area contributed by atoms with Gasteiger partial charge in [-0.3, -0.25) is 38.7 Å². The fourth-order valence-corrected chi connectivity index (χ4v) is 9.94. The van der Waals surface area contributed by atoms with Gasteiger partial charge in [0.25, 0.3) is 0 Å². The molecule has 0 aliphatic rings. The number of hydrogen-bond donors (Lipinski definition) is 7. The third-order valence-corrected chi connectivity index (χ3v) is 14.9. The van der Waals surface area contributed by atoms with E-state index < -0.39 is 96.3 Å². The molecule has 0 aliphatic carbocycles. The SMILES string of the molecule is CCCCc1ccc(COc2ccc(OCC(COc3ccc(OCc4cc[c]([BiH2])cc4)cc3S(=O)(=O)O)Oc3ccc(CC(CN(CCN(CC(=O)O)CC(=O)O)CC(=O)O)N(CC(=O)O)CC(=O)O)cc3)c(SOOO)c2)cc1. The normalized spacial score (nSPS) is 12.2. The van der Waals surface area contributed by atoms with Crippen LogP contribution in [0.25, 0.3) is 0 Å². The van der Waals surface area contributed by atoms with Gasteiger partial charge in [0, 0.05) is 25.7 Å². The smallest absolute Gasteiger partial charge is 0.317 e. The van der Waals surface area contributed by atoms with Crippen molar-refractivity contribution in [3.8, 4) is 28.7 Å². The number of hydrogen-bond acceptors (Lipinski definition) is 19. The van der Waals surface area contributed by atoms with Gasteiger partial charge in [-0.25, -0.2) is 5.26 Å². The number of benzene rings is 5. The van der Waals surface area contributed by atoms with E-state index in [1.807, 2.05) is 36.4 Å². The summed E-state index contributed by atoms with van der Waals surface area (Å²) in [6.07, 6.45) is 1.98. The summed E-state index contributed by atoms with van der Waals surface area (Å²) in [5.74, 6) is -6.08. The summed E-state index contributed by atoms with van der Waals surface area (Å²) in [4.78, 5) is 62.3. The number of nitrogens with zero attached hydrogens (tertiary/aromatic N) is 3. The molecule has 0 amide bonds. The molecular formula is C54H64BiN3O21S2. The predicted octanol–water partition coefficient (Wildman–Crippen LogP) is 4.27. The van der Waals surface area contributed by atoms with Crippen LogP contribution in [0, 0.1) is 0 Å². The molecule has 27 heteroatoms. The molecule has 0 saturated carbocycles. The summed E-state index contributed by atoms with van der Waals surface area (Å²) in [6.45, 7) is -2.44. The minimum absolute atomic E-state index is 0.0590. The van der Waals surface area contributed by atoms with Crippen molar-refractivity contribution in [1.29, 1.82) is 0 Å². The first-order valence-corrected chi connectivity index (χ1v) is 29.5. The third kappa shape index (κ3) is 24.2. The van der Waals surface area contributed by atoms with Gasteiger partial charge in [0.1, 0.15) is 30.5 Å². The van der Waals surface area contributed by atoms with Crippen LogP contribution in [0.2, 0.25) is 0 Å². The number of unbranched alkanes of at least 4 members (excludes halogenated alkanes) is 1. The van der Waals surface area contributed by atoms with Crippen LogP contribution in [0.3, 0.4) is 0 Å². The van der Waals surface area contributed by atoms with Crippen LogP contribution in [-0.2, 0) is 69.5 Å². The predicted molar refractivity (Wildman–Crippen MR) is 294 cm³/mol. The van der Waals surface area contributed by atoms with Crippen LogP contribution in [0.5, 0.6) is 28.7 Å². The summed E-state index contributed by atoms with van der Waals surface area (Å²) in [5.41, 5.74) is 3.46. The van der Waals surface area contributed by atoms with Crippen LogP contribution in [0.15, 0.2) is 119 Å². The van der Waals surface area contributed by atoms with Gasteiger partial charge in [-0.1, -0.05) is 54.8 Å². The van der Waals surface area contributed by atoms with E-state index in [0.717, 1.165) is 46.3 Å². The number of aryl methyl sites for hydroxylation is 1. The van der Waals surface area contributed by atoms with Gasteiger partial charge in [0.2, 0.25) is 0 Å². The van der Waals surface area contributed by atoms with Crippen LogP contribution in [0.4, 0.5) is 0 Å². The standard InChI is InChI=1S/C54H62N3O21S2.Bi.2H/c1-2-3-7-37-10-12-40(13-11-37)34-72-43-18-20-46(48(25-43)79-78-77-68)74-35-45(36-75-47-21-19-44(26-49(47)80(69,70)71)73-33-39-8-5-4-6-9-39)76-42-16-14-38(15-17-42)24-41(57(31-53(64)65)32-54(66)67)27-55(28-50(58)59)22-23-56(29-51(60)61)30-52(62)63;;;/h5-6,8-21,25-26,41,45,68H,2-3,7,22-24,27-36H2,1H3,(H,58,59)(H,60,61)(H,62,63)(H,64,65)(H,66,67)(H,69,70,71);;;. The summed E-state index contributed by atoms with van der Waals surface area (Å²) >= 11 is 1.24. The topological polar surface area (TPSA) is 335 Å². The Kier molecular flexibility index (Phi) is 26.8. The second-order valence-corrected chi connectivity index (χ2v) is 23.1. The molecule has 81 heavy (non-hydrogen) atoms. The quantitative estimate of drug-likeness (QED) is 0.00950. The Balaban J connectivity index is 1.42. The van der Waals surface area contributed by atoms with Crippen molar-refractivity contribution in [2.24, 2.45) is 0 Å². The Hall–Kier alpha value is -6.65. The number of carboxylic acid groups (broad SMARTS) is 5. The maximum Gasteiger partial charge on any atom is 0.317 e. The molecule has 2 atom stereocenters. The molecule has 0 spiro atoms. The Morgan fingerprint density at radius 3 is 1.62 bits per heavy atom. The van der Waals surface area contributed by atoms with Gasteiger partial charge in [0.05, 0.1) is 49.7 Å². The molecule has 0 bridgehead atoms. The van der Waals surface area contributed by atoms with Gasteiger partial charge in [-0.2, -0.15) is 0 Å². The molecule has 0 saturated heterocycles. The van der Waals surface area contributed by atoms with E-state index in [0.29, 0.717) is 48.1 Å². The van der Waals surface area contributed by atoms with Crippen LogP contribution >= 0.6 is 12.0 Å². The largest absolute Gasteiger partial charge is 0.483 e. The number of aliphatic carboxylic acids is 5. The number of carboxylic acids is 5. The van der Waals surface area contributed by atoms with Crippen molar-refractivity contribution >= 4 is 80.0 Å². The number of rotatable bonds is 39. The molecule has 5 rings (SSSR count). The molecule has 2 unspecified atom stereocenters. The molecule has 0 fully saturated rings. The minimum Gasteiger partial charge on any atom is -0.483 e. The van der Waals surface area contributed by atoms with E-state index in [9.17, 15) is 62.5 Å². The molecule has 7 N–H and O–H groups in total. The van der Waals surface area contributed by atoms with Crippen LogP contribution < -0.4 is 27.0 Å². The van der Waals surface area contributed by atoms with E-state index in [1.54, 1.807) is 30.3 Å². The summed E-state index contributed by atoms with van der Waals surface area (Å²) < 4.78 is 72.4. The van der Waals surface area contributed by atoms with Gasteiger partial charge in [-0.05, 0) is 66.3 Å². The van der Waals surface area contributed by atoms with E-state index in [2.05, 4.69) is 24.1 Å². The van der Waals surface area contributed by atoms with E-state index in [-0.39, 0.29) is 73.8 Å². The van der Waals surface area contributed by atoms with Crippen LogP contribution in [0.1, 0.15) is 42.0 Å². The van der Waals surface area contributed by atoms with Gasteiger partial charge in [0.15, 0.2) is 6.10 Å². The van der Waals surface area contributed by atoms with Gasteiger partial charge < -0.3 is 39.7 Å². The number of ether oxygens (including phenoxy) is 5. The zero-order valence-corrected chi connectivity index (χ0v) is 50.1. The molecule has 0 aliphatic heterocycles. The average molecular weight is 1360 g/mol. The van der Waals surface area contributed by atoms with E-state index >= 15 is 0 Å². The first-order valence-electron chi connectivity index (χ1n) is 25.0. The van der Waals surface area contributed by atoms with Crippen molar-refractivity contribution in [3.63, 3.8) is 0 Å². The first kappa shape index (κ1) is 65.2. The summed E-state index contributed by atoms with van der Waals surface area (Å²) in [7, 11) is -4.90. The molecule has 0 aromatic heterocycles. The van der Waals surface area contributed by atoms with Crippen molar-refractivity contribution in [3.05, 3.63) is 131 Å². The maximum atomic E-state index is 12.8. The Labute approximate surface area is 486 Å². The monoisotopic (exact) mass is 1360 g/mol. The van der Waals surface area contributed by atoms with Gasteiger partial charge in [-0.15, -0.1) is 4.33 Å². The first-order chi connectivity index (χ1) is 38.6. The molecule has 0 radical (unpaired) electrons. The summed E-state index contributed by atoms with van der Waals surface area (Å²) in [6, 6.07) is 29.7. The maximum absolute atomic E-state index is 12.8. The molecular weight excluding hydrogens is 1300 g/mol. The average Bonchev–Trinajstić information content (AvgIpc) is 3.42. The minimum atomic E-state index is -4.90. The zero-order chi connectivity index (χ0) is 58.9. The molecule has 24 nitrogen and oxygen atoms in total. The zero-order valence-electron chi connectivity index (χ0n) is 43.9. The molecule has 5 aromatic carbocycles. The van der Waals surface area contributed by atoms with Crippen molar-refractivity contribution < 1.29 is 101 Å². The van der Waals surface area contributed by atoms with Gasteiger partial charge >= 0.3 is 168 Å². The molecule has 5 aromatic rings. The van der Waals surface area contributed by atoms with Crippen molar-refractivity contribution in [2.45, 2.75) is 67.8 Å². The number of carbonyl (C=O) groups is 5. The van der Waals surface area contributed by atoms with Crippen LogP contribution in [-0.4, -0.2) is 191 Å². The fourth-order valence-electron chi connectivity index (χ4n) is 8.07. The Morgan fingerprint density at radius 2 is 1.07 bits per heavy atom. The molecule has 0 heterocycles. The van der Waals surface area contributed by atoms with Crippen molar-refractivity contribution in [1.82, 2.24) is 14.7 Å². The van der Waals surface area contributed by atoms with Crippen molar-refractivity contribution in [2.75, 3.05) is 65.6 Å².